The number of carbonyl (C=O) groups is 4. The van der Waals surface area contributed by atoms with Crippen molar-refractivity contribution in [3.63, 3.8) is 0 Å². The number of aliphatic hydroxyl groups is 1. The van der Waals surface area contributed by atoms with Gasteiger partial charge >= 0.3 is 39.5 Å². The first kappa shape index (κ1) is 100. The zero-order chi connectivity index (χ0) is 77.4. The summed E-state index contributed by atoms with van der Waals surface area (Å²) in [7, 11) is -10.0. The van der Waals surface area contributed by atoms with Crippen molar-refractivity contribution in [2.75, 3.05) is 39.6 Å². The van der Waals surface area contributed by atoms with E-state index in [4.69, 9.17) is 37.0 Å². The number of carbonyl (C=O) groups excluding carboxylic acids is 4. The Hall–Kier alpha value is -5.84. The van der Waals surface area contributed by atoms with E-state index in [0.717, 1.165) is 167 Å². The summed E-state index contributed by atoms with van der Waals surface area (Å²) in [6.45, 7) is 4.34. The zero-order valence-electron chi connectivity index (χ0n) is 65.5. The average molecular weight is 1520 g/mol. The van der Waals surface area contributed by atoms with E-state index in [1.807, 2.05) is 24.3 Å². The van der Waals surface area contributed by atoms with Crippen LogP contribution in [0.4, 0.5) is 0 Å². The van der Waals surface area contributed by atoms with Crippen LogP contribution in [0.3, 0.4) is 0 Å². The summed E-state index contributed by atoms with van der Waals surface area (Å²) in [5.74, 6) is -2.35. The van der Waals surface area contributed by atoms with E-state index >= 15 is 0 Å². The molecular formula is C87H140O17P2. The minimum Gasteiger partial charge on any atom is -0.462 e. The third kappa shape index (κ3) is 76.4. The lowest BCUT2D eigenvalue weighted by atomic mass is 10.1. The lowest BCUT2D eigenvalue weighted by Crippen LogP contribution is -2.30. The second kappa shape index (κ2) is 77.3. The lowest BCUT2D eigenvalue weighted by molar-refractivity contribution is -0.161. The van der Waals surface area contributed by atoms with Crippen LogP contribution < -0.4 is 0 Å². The smallest absolute Gasteiger partial charge is 0.462 e. The number of hydrogen-bond acceptors (Lipinski definition) is 15. The standard InChI is InChI=1S/C87H140O17P2/c1-5-9-13-17-21-25-29-33-36-39-40-43-45-49-52-56-60-64-68-72-85(90)98-78-83(104-87(92)74-70-66-62-58-54-50-46-42-38-35-31-27-23-19-15-11-7-3)80-102-106(95,96)100-76-81(88)75-99-105(93,94)101-79-82(103-86(91)73-69-65-61-57-53-47-32-28-24-20-16-12-8-4)77-97-84(89)71-67-63-59-55-51-48-44-41-37-34-30-26-22-18-14-10-6-2/h9-11,13-15,21-23,25-28,32-38,40,43-44,46,48,50,55,58-59,62,81-83,88H,5-8,12,16-20,24,29-31,39,41-42,45,47,49,51-54,56-57,60-61,63-80H2,1-4H3,(H,93,94)(H,95,96)/b13-9-,14-10-,15-11-,25-21-,26-22-,27-23-,32-28-,36-33-,37-34-,38-35-,43-40-,48-44-,50-46-,59-55-,62-58-. The van der Waals surface area contributed by atoms with Gasteiger partial charge in [0.1, 0.15) is 19.3 Å². The van der Waals surface area contributed by atoms with Gasteiger partial charge in [0.2, 0.25) is 0 Å². The van der Waals surface area contributed by atoms with E-state index in [1.54, 1.807) is 0 Å². The molecule has 0 aliphatic rings. The molecule has 0 rings (SSSR count). The van der Waals surface area contributed by atoms with Gasteiger partial charge in [-0.3, -0.25) is 37.3 Å². The highest BCUT2D eigenvalue weighted by Gasteiger charge is 2.30. The van der Waals surface area contributed by atoms with Crippen LogP contribution in [0, 0.1) is 0 Å². The Labute approximate surface area is 641 Å². The molecule has 0 saturated carbocycles. The van der Waals surface area contributed by atoms with Gasteiger partial charge in [-0.05, 0) is 167 Å². The number of unbranched alkanes of at least 4 members (excludes halogenated alkanes) is 17. The molecule has 0 amide bonds. The molecule has 0 bridgehead atoms. The Balaban J connectivity index is 5.49. The van der Waals surface area contributed by atoms with Crippen molar-refractivity contribution in [1.29, 1.82) is 0 Å². The highest BCUT2D eigenvalue weighted by molar-refractivity contribution is 7.47. The number of allylic oxidation sites excluding steroid dienone is 30. The lowest BCUT2D eigenvalue weighted by Gasteiger charge is -2.21. The molecule has 0 aromatic heterocycles. The number of phosphoric ester groups is 2. The van der Waals surface area contributed by atoms with E-state index in [9.17, 15) is 43.2 Å². The highest BCUT2D eigenvalue weighted by Crippen LogP contribution is 2.45. The first-order chi connectivity index (χ1) is 51.7. The monoisotopic (exact) mass is 1520 g/mol. The molecule has 0 aliphatic heterocycles. The quantitative estimate of drug-likeness (QED) is 0.0169. The Morgan fingerprint density at radius 1 is 0.274 bits per heavy atom. The minimum atomic E-state index is -5.01. The predicted molar refractivity (Wildman–Crippen MR) is 436 cm³/mol. The summed E-state index contributed by atoms with van der Waals surface area (Å²) >= 11 is 0. The van der Waals surface area contributed by atoms with Gasteiger partial charge in [-0.15, -0.1) is 0 Å². The third-order valence-electron chi connectivity index (χ3n) is 15.8. The van der Waals surface area contributed by atoms with Crippen LogP contribution >= 0.6 is 15.6 Å². The van der Waals surface area contributed by atoms with Crippen molar-refractivity contribution in [3.05, 3.63) is 182 Å². The molecule has 0 aromatic rings. The predicted octanol–water partition coefficient (Wildman–Crippen LogP) is 23.6. The van der Waals surface area contributed by atoms with Gasteiger partial charge in [0, 0.05) is 25.7 Å². The molecule has 0 radical (unpaired) electrons. The number of hydrogen-bond donors (Lipinski definition) is 3. The molecule has 0 aliphatic carbocycles. The van der Waals surface area contributed by atoms with Crippen molar-refractivity contribution < 1.29 is 80.2 Å². The van der Waals surface area contributed by atoms with E-state index in [2.05, 4.69) is 186 Å². The second-order valence-electron chi connectivity index (χ2n) is 25.9. The maximum absolute atomic E-state index is 13.1. The van der Waals surface area contributed by atoms with Crippen LogP contribution in [0.1, 0.15) is 285 Å². The van der Waals surface area contributed by atoms with Crippen molar-refractivity contribution >= 4 is 39.5 Å². The molecule has 19 heteroatoms. The summed E-state index contributed by atoms with van der Waals surface area (Å²) in [5, 5.41) is 10.6. The van der Waals surface area contributed by atoms with Crippen LogP contribution in [0.15, 0.2) is 182 Å². The molecule has 600 valence electrons. The average Bonchev–Trinajstić information content (AvgIpc) is 0.937. The van der Waals surface area contributed by atoms with E-state index < -0.39 is 97.5 Å². The molecule has 106 heavy (non-hydrogen) atoms. The Bertz CT molecular complexity index is 2730. The molecule has 3 N–H and O–H groups in total. The fourth-order valence-corrected chi connectivity index (χ4v) is 11.4. The normalized spacial score (nSPS) is 14.8. The van der Waals surface area contributed by atoms with Crippen LogP contribution in [-0.2, 0) is 65.4 Å². The molecule has 5 unspecified atom stereocenters. The highest BCUT2D eigenvalue weighted by atomic mass is 31.2. The molecule has 17 nitrogen and oxygen atoms in total. The van der Waals surface area contributed by atoms with Gasteiger partial charge in [-0.2, -0.15) is 0 Å². The van der Waals surface area contributed by atoms with E-state index in [-0.39, 0.29) is 25.7 Å². The molecule has 0 fully saturated rings. The first-order valence-corrected chi connectivity index (χ1v) is 43.0. The van der Waals surface area contributed by atoms with E-state index in [0.29, 0.717) is 38.5 Å². The maximum atomic E-state index is 13.1. The van der Waals surface area contributed by atoms with Crippen LogP contribution in [-0.4, -0.2) is 96.7 Å². The van der Waals surface area contributed by atoms with Gasteiger partial charge in [-0.1, -0.05) is 274 Å². The fourth-order valence-electron chi connectivity index (χ4n) is 9.86. The fraction of sp³-hybridized carbons (Fsp3) is 0.609. The van der Waals surface area contributed by atoms with Gasteiger partial charge in [-0.25, -0.2) is 9.13 Å². The number of esters is 4. The maximum Gasteiger partial charge on any atom is 0.472 e. The number of rotatable bonds is 73. The molecular weight excluding hydrogens is 1380 g/mol. The van der Waals surface area contributed by atoms with Crippen LogP contribution in [0.25, 0.3) is 0 Å². The SMILES string of the molecule is CC/C=C\C/C=C\C/C=C\C/C=C\C/C=C\CCCC(=O)OCC(COP(=O)(O)OCC(O)COP(=O)(O)OCC(COC(=O)CCCCCCCC/C=C\C/C=C\C/C=C\C/C=C\CC)OC(=O)CCC/C=C\C/C=C\C/C=C\C/C=C\C/C=C\CC)OC(=O)CCCCCCC/C=C\CCCCCC. The summed E-state index contributed by atoms with van der Waals surface area (Å²) in [5.41, 5.74) is 0. The van der Waals surface area contributed by atoms with Crippen LogP contribution in [0.2, 0.25) is 0 Å². The second-order valence-corrected chi connectivity index (χ2v) is 28.8. The van der Waals surface area contributed by atoms with Crippen LogP contribution in [0.5, 0.6) is 0 Å². The Morgan fingerprint density at radius 2 is 0.500 bits per heavy atom. The molecule has 0 saturated heterocycles. The number of ether oxygens (including phenoxy) is 4. The van der Waals surface area contributed by atoms with Crippen molar-refractivity contribution in [3.8, 4) is 0 Å². The van der Waals surface area contributed by atoms with Crippen molar-refractivity contribution in [2.24, 2.45) is 0 Å². The van der Waals surface area contributed by atoms with Gasteiger partial charge in [0.15, 0.2) is 12.2 Å². The Morgan fingerprint density at radius 3 is 0.811 bits per heavy atom. The van der Waals surface area contributed by atoms with E-state index in [1.165, 1.54) is 25.7 Å². The number of aliphatic hydroxyl groups excluding tert-OH is 1. The third-order valence-corrected chi connectivity index (χ3v) is 17.7. The topological polar surface area (TPSA) is 237 Å². The molecule has 0 aromatic carbocycles. The summed E-state index contributed by atoms with van der Waals surface area (Å²) in [6.07, 6.45) is 93.2. The molecule has 5 atom stereocenters. The Kier molecular flexibility index (Phi) is 73.1. The molecule has 0 heterocycles. The zero-order valence-corrected chi connectivity index (χ0v) is 67.3. The minimum absolute atomic E-state index is 0.00490. The summed E-state index contributed by atoms with van der Waals surface area (Å²) in [6, 6.07) is 0. The largest absolute Gasteiger partial charge is 0.472 e. The molecule has 0 spiro atoms. The number of phosphoric acid groups is 2. The van der Waals surface area contributed by atoms with Gasteiger partial charge in [0.25, 0.3) is 0 Å². The first-order valence-electron chi connectivity index (χ1n) is 40.0. The van der Waals surface area contributed by atoms with Gasteiger partial charge < -0.3 is 33.8 Å². The van der Waals surface area contributed by atoms with Gasteiger partial charge in [0.05, 0.1) is 26.4 Å². The summed E-state index contributed by atoms with van der Waals surface area (Å²) < 4.78 is 68.5. The van der Waals surface area contributed by atoms with Crippen molar-refractivity contribution in [1.82, 2.24) is 0 Å². The van der Waals surface area contributed by atoms with Crippen molar-refractivity contribution in [2.45, 2.75) is 303 Å². The summed E-state index contributed by atoms with van der Waals surface area (Å²) in [4.78, 5) is 73.0.